The monoisotopic (exact) mass is 382 g/mol. The highest BCUT2D eigenvalue weighted by Crippen LogP contribution is 2.26. The molecule has 3 aromatic rings. The third kappa shape index (κ3) is 3.88. The van der Waals surface area contributed by atoms with Crippen LogP contribution in [0.1, 0.15) is 12.8 Å². The van der Waals surface area contributed by atoms with Gasteiger partial charge in [-0.3, -0.25) is 0 Å². The molecule has 4 rings (SSSR count). The van der Waals surface area contributed by atoms with Gasteiger partial charge >= 0.3 is 0 Å². The van der Waals surface area contributed by atoms with Crippen molar-refractivity contribution in [1.29, 1.82) is 0 Å². The lowest BCUT2D eigenvalue weighted by molar-refractivity contribution is 0.529. The largest absolute Gasteiger partial charge is 0.369 e. The average Bonchev–Trinajstić information content (AvgIpc) is 2.68. The van der Waals surface area contributed by atoms with Gasteiger partial charge in [0, 0.05) is 36.5 Å². The topological polar surface area (TPSA) is 75.2 Å². The summed E-state index contributed by atoms with van der Waals surface area (Å²) in [6.07, 6.45) is 4.86. The Morgan fingerprint density at radius 2 is 1.93 bits per heavy atom. The van der Waals surface area contributed by atoms with E-state index in [2.05, 4.69) is 44.5 Å². The van der Waals surface area contributed by atoms with Gasteiger partial charge in [-0.1, -0.05) is 18.2 Å². The van der Waals surface area contributed by atoms with Crippen molar-refractivity contribution in [2.45, 2.75) is 23.8 Å². The van der Waals surface area contributed by atoms with Crippen molar-refractivity contribution in [2.75, 3.05) is 29.6 Å². The number of hydrogen-bond donors (Lipinski definition) is 1. The Bertz CT molecular complexity index is 1050. The molecule has 140 valence electrons. The average molecular weight is 382 g/mol. The quantitative estimate of drug-likeness (QED) is 0.747. The predicted molar refractivity (Wildman–Crippen MR) is 108 cm³/mol. The third-order valence-corrected chi connectivity index (χ3v) is 6.03. The van der Waals surface area contributed by atoms with Crippen LogP contribution in [0.25, 0.3) is 10.9 Å². The van der Waals surface area contributed by atoms with E-state index < -0.39 is 9.84 Å². The molecular weight excluding hydrogens is 360 g/mol. The summed E-state index contributed by atoms with van der Waals surface area (Å²) in [5.74, 6) is 0.686. The summed E-state index contributed by atoms with van der Waals surface area (Å²) >= 11 is 0. The summed E-state index contributed by atoms with van der Waals surface area (Å²) in [6.45, 7) is 1.91. The highest BCUT2D eigenvalue weighted by Gasteiger charge is 2.21. The smallest absolute Gasteiger partial charge is 0.175 e. The number of aromatic nitrogens is 2. The Morgan fingerprint density at radius 1 is 1.11 bits per heavy atom. The lowest BCUT2D eigenvalue weighted by Crippen LogP contribution is -2.42. The van der Waals surface area contributed by atoms with Crippen LogP contribution in [0.3, 0.4) is 0 Å². The maximum atomic E-state index is 11.9. The normalized spacial score (nSPS) is 17.8. The van der Waals surface area contributed by atoms with Gasteiger partial charge in [0.05, 0.1) is 10.4 Å². The minimum absolute atomic E-state index is 0.235. The maximum Gasteiger partial charge on any atom is 0.175 e. The van der Waals surface area contributed by atoms with Crippen molar-refractivity contribution in [2.24, 2.45) is 0 Å². The van der Waals surface area contributed by atoms with Gasteiger partial charge in [0.15, 0.2) is 9.84 Å². The Balaban J connectivity index is 1.61. The summed E-state index contributed by atoms with van der Waals surface area (Å²) in [4.78, 5) is 11.3. The van der Waals surface area contributed by atoms with E-state index in [1.807, 2.05) is 6.07 Å². The van der Waals surface area contributed by atoms with Gasteiger partial charge in [0.2, 0.25) is 0 Å². The molecule has 0 saturated carbocycles. The fourth-order valence-electron chi connectivity index (χ4n) is 3.54. The van der Waals surface area contributed by atoms with Gasteiger partial charge < -0.3 is 10.2 Å². The Hall–Kier alpha value is -2.67. The second-order valence-corrected chi connectivity index (χ2v) is 8.95. The maximum absolute atomic E-state index is 11.9. The lowest BCUT2D eigenvalue weighted by Gasteiger charge is -2.35. The number of hydrogen-bond acceptors (Lipinski definition) is 6. The molecule has 0 amide bonds. The van der Waals surface area contributed by atoms with Crippen LogP contribution in [0.15, 0.2) is 59.8 Å². The number of fused-ring (bicyclic) bond motifs is 1. The first-order valence-corrected chi connectivity index (χ1v) is 10.9. The highest BCUT2D eigenvalue weighted by molar-refractivity contribution is 7.90. The zero-order valence-electron chi connectivity index (χ0n) is 15.2. The molecule has 1 saturated heterocycles. The predicted octanol–water partition coefficient (Wildman–Crippen LogP) is 3.11. The number of nitrogens with one attached hydrogen (secondary N) is 1. The van der Waals surface area contributed by atoms with Crippen molar-refractivity contribution in [3.05, 3.63) is 54.9 Å². The van der Waals surface area contributed by atoms with Crippen molar-refractivity contribution in [3.8, 4) is 0 Å². The molecule has 1 aromatic heterocycles. The third-order valence-electron chi connectivity index (χ3n) is 4.92. The molecular formula is C20H22N4O2S. The number of nitrogens with zero attached hydrogens (tertiary/aromatic N) is 3. The van der Waals surface area contributed by atoms with Gasteiger partial charge in [0.25, 0.3) is 0 Å². The molecule has 7 heteroatoms. The zero-order valence-corrected chi connectivity index (χ0v) is 16.0. The molecule has 0 unspecified atom stereocenters. The van der Waals surface area contributed by atoms with Crippen molar-refractivity contribution >= 4 is 32.2 Å². The fourth-order valence-corrected chi connectivity index (χ4v) is 4.19. The van der Waals surface area contributed by atoms with Gasteiger partial charge in [-0.25, -0.2) is 18.4 Å². The first-order valence-electron chi connectivity index (χ1n) is 9.02. The molecule has 2 heterocycles. The van der Waals surface area contributed by atoms with Crippen LogP contribution in [0.4, 0.5) is 11.5 Å². The number of sulfone groups is 1. The lowest BCUT2D eigenvalue weighted by atomic mass is 10.0. The molecule has 0 bridgehead atoms. The van der Waals surface area contributed by atoms with Crippen LogP contribution in [0.2, 0.25) is 0 Å². The molecule has 1 atom stereocenters. The number of rotatable bonds is 4. The summed E-state index contributed by atoms with van der Waals surface area (Å²) in [5, 5.41) is 4.25. The summed E-state index contributed by atoms with van der Waals surface area (Å²) < 4.78 is 23.8. The van der Waals surface area contributed by atoms with E-state index in [1.165, 1.54) is 18.3 Å². The molecule has 0 aliphatic carbocycles. The van der Waals surface area contributed by atoms with Crippen molar-refractivity contribution in [1.82, 2.24) is 9.97 Å². The highest BCUT2D eigenvalue weighted by atomic mass is 32.2. The Labute approximate surface area is 159 Å². The van der Waals surface area contributed by atoms with E-state index in [4.69, 9.17) is 0 Å². The molecule has 27 heavy (non-hydrogen) atoms. The van der Waals surface area contributed by atoms with E-state index in [1.54, 1.807) is 18.2 Å². The summed E-state index contributed by atoms with van der Waals surface area (Å²) in [7, 11) is -3.28. The van der Waals surface area contributed by atoms with Crippen molar-refractivity contribution in [3.63, 3.8) is 0 Å². The fraction of sp³-hybridized carbons (Fsp3) is 0.300. The number of piperidine rings is 1. The van der Waals surface area contributed by atoms with E-state index in [0.717, 1.165) is 36.8 Å². The first-order chi connectivity index (χ1) is 13.0. The van der Waals surface area contributed by atoms with Crippen LogP contribution in [0.5, 0.6) is 0 Å². The van der Waals surface area contributed by atoms with Crippen LogP contribution in [0, 0.1) is 0 Å². The second-order valence-electron chi connectivity index (χ2n) is 6.94. The minimum Gasteiger partial charge on any atom is -0.369 e. The van der Waals surface area contributed by atoms with Crippen LogP contribution in [-0.4, -0.2) is 43.8 Å². The summed E-state index contributed by atoms with van der Waals surface area (Å²) in [5.41, 5.74) is 1.95. The van der Waals surface area contributed by atoms with E-state index in [-0.39, 0.29) is 10.9 Å². The first kappa shape index (κ1) is 17.7. The van der Waals surface area contributed by atoms with E-state index in [0.29, 0.717) is 5.82 Å². The molecule has 1 N–H and O–H groups in total. The molecule has 2 aromatic carbocycles. The number of anilines is 2. The Kier molecular flexibility index (Phi) is 4.70. The van der Waals surface area contributed by atoms with E-state index >= 15 is 0 Å². The van der Waals surface area contributed by atoms with Gasteiger partial charge in [0.1, 0.15) is 12.1 Å². The molecule has 1 fully saturated rings. The van der Waals surface area contributed by atoms with Crippen LogP contribution >= 0.6 is 0 Å². The molecule has 0 radical (unpaired) electrons. The Morgan fingerprint density at radius 3 is 2.70 bits per heavy atom. The van der Waals surface area contributed by atoms with Gasteiger partial charge in [-0.05, 0) is 43.2 Å². The molecule has 0 spiro atoms. The van der Waals surface area contributed by atoms with E-state index in [9.17, 15) is 8.42 Å². The number of para-hydroxylation sites is 1. The number of benzene rings is 2. The SMILES string of the molecule is CS(=O)(=O)c1ccc2ncnc(N[C@@H]3CCCN(c4ccccc4)C3)c2c1. The summed E-state index contributed by atoms with van der Waals surface area (Å²) in [6, 6.07) is 15.6. The molecule has 1 aliphatic heterocycles. The molecule has 1 aliphatic rings. The zero-order chi connectivity index (χ0) is 18.9. The van der Waals surface area contributed by atoms with Crippen LogP contribution < -0.4 is 10.2 Å². The van der Waals surface area contributed by atoms with Gasteiger partial charge in [-0.15, -0.1) is 0 Å². The minimum atomic E-state index is -3.28. The van der Waals surface area contributed by atoms with Gasteiger partial charge in [-0.2, -0.15) is 0 Å². The van der Waals surface area contributed by atoms with Crippen LogP contribution in [-0.2, 0) is 9.84 Å². The molecule has 6 nitrogen and oxygen atoms in total. The van der Waals surface area contributed by atoms with Crippen molar-refractivity contribution < 1.29 is 8.42 Å². The second kappa shape index (κ2) is 7.15. The standard InChI is InChI=1S/C20H22N4O2S/c1-27(25,26)17-9-10-19-18(12-17)20(22-14-21-19)23-15-6-5-11-24(13-15)16-7-3-2-4-8-16/h2-4,7-10,12,14-15H,5-6,11,13H2,1H3,(H,21,22,23)/t15-/m1/s1.